The smallest absolute Gasteiger partial charge is 0.232 e. The number of rotatable bonds is 7. The van der Waals surface area contributed by atoms with Gasteiger partial charge in [0.2, 0.25) is 15.2 Å². The lowest BCUT2D eigenvalue weighted by molar-refractivity contribution is 0.102. The van der Waals surface area contributed by atoms with E-state index in [1.165, 1.54) is 39.2 Å². The summed E-state index contributed by atoms with van der Waals surface area (Å²) in [6, 6.07) is 11.3. The van der Waals surface area contributed by atoms with E-state index >= 15 is 0 Å². The molecule has 1 aromatic heterocycles. The molecule has 0 atom stereocenters. The summed E-state index contributed by atoms with van der Waals surface area (Å²) in [5.74, 6) is 0.223. The summed E-state index contributed by atoms with van der Waals surface area (Å²) in [7, 11) is -3.32. The van der Waals surface area contributed by atoms with Crippen molar-refractivity contribution >= 4 is 55.4 Å². The highest BCUT2D eigenvalue weighted by Crippen LogP contribution is 2.32. The molecule has 0 spiro atoms. The van der Waals surface area contributed by atoms with Gasteiger partial charge < -0.3 is 5.32 Å². The third-order valence-corrected chi connectivity index (χ3v) is 8.61. The number of hydrogen-bond donors (Lipinski definition) is 1. The maximum atomic E-state index is 12.8. The molecule has 2 aromatic carbocycles. The number of nitrogens with zero attached hydrogens (tertiary/aromatic N) is 3. The van der Waals surface area contributed by atoms with Crippen molar-refractivity contribution in [3.8, 4) is 0 Å². The fourth-order valence-corrected chi connectivity index (χ4v) is 6.27. The van der Waals surface area contributed by atoms with E-state index < -0.39 is 10.0 Å². The molecule has 2 heterocycles. The van der Waals surface area contributed by atoms with Crippen LogP contribution < -0.4 is 9.62 Å². The van der Waals surface area contributed by atoms with Gasteiger partial charge in [-0.2, -0.15) is 0 Å². The number of aromatic nitrogens is 2. The summed E-state index contributed by atoms with van der Waals surface area (Å²) in [6.07, 6.45) is 2.72. The van der Waals surface area contributed by atoms with E-state index in [-0.39, 0.29) is 11.5 Å². The van der Waals surface area contributed by atoms with Crippen LogP contribution in [0.25, 0.3) is 0 Å². The molecule has 4 rings (SSSR count). The molecule has 10 heteroatoms. The highest BCUT2D eigenvalue weighted by Gasteiger charge is 2.24. The first-order valence-electron chi connectivity index (χ1n) is 10.2. The Morgan fingerprint density at radius 3 is 2.81 bits per heavy atom. The molecule has 7 nitrogen and oxygen atoms in total. The Hall–Kier alpha value is -2.43. The van der Waals surface area contributed by atoms with Gasteiger partial charge in [-0.1, -0.05) is 35.2 Å². The van der Waals surface area contributed by atoms with Gasteiger partial charge in [0.05, 0.1) is 17.7 Å². The topological polar surface area (TPSA) is 92.3 Å². The summed E-state index contributed by atoms with van der Waals surface area (Å²) in [6.45, 7) is 4.60. The Labute approximate surface area is 196 Å². The van der Waals surface area contributed by atoms with Gasteiger partial charge in [-0.05, 0) is 67.6 Å². The van der Waals surface area contributed by atoms with Crippen molar-refractivity contribution in [1.29, 1.82) is 0 Å². The number of nitrogens with one attached hydrogen (secondary N) is 1. The Kier molecular flexibility index (Phi) is 6.55. The zero-order chi connectivity index (χ0) is 22.9. The molecule has 1 aliphatic rings. The molecule has 0 amide bonds. The van der Waals surface area contributed by atoms with Gasteiger partial charge in [-0.25, -0.2) is 8.42 Å². The number of benzene rings is 2. The van der Waals surface area contributed by atoms with Crippen LogP contribution in [0.2, 0.25) is 0 Å². The van der Waals surface area contributed by atoms with Crippen molar-refractivity contribution < 1.29 is 13.2 Å². The van der Waals surface area contributed by atoms with Gasteiger partial charge in [0.25, 0.3) is 0 Å². The second-order valence-electron chi connectivity index (χ2n) is 7.74. The van der Waals surface area contributed by atoms with Crippen molar-refractivity contribution in [1.82, 2.24) is 10.2 Å². The molecule has 0 aliphatic carbocycles. The number of hydrogen-bond acceptors (Lipinski definition) is 8. The van der Waals surface area contributed by atoms with Crippen molar-refractivity contribution in [3.63, 3.8) is 0 Å². The summed E-state index contributed by atoms with van der Waals surface area (Å²) in [5.41, 5.74) is 5.51. The van der Waals surface area contributed by atoms with Crippen LogP contribution >= 0.6 is 23.1 Å². The fourth-order valence-electron chi connectivity index (χ4n) is 3.61. The third-order valence-electron chi connectivity index (χ3n) is 5.46. The first-order valence-corrected chi connectivity index (χ1v) is 13.8. The highest BCUT2D eigenvalue weighted by molar-refractivity contribution is 8.01. The average molecular weight is 489 g/mol. The van der Waals surface area contributed by atoms with Crippen molar-refractivity contribution in [2.75, 3.05) is 28.2 Å². The molecule has 0 fully saturated rings. The Morgan fingerprint density at radius 2 is 2.03 bits per heavy atom. The minimum atomic E-state index is -3.32. The van der Waals surface area contributed by atoms with Crippen LogP contribution in [0.1, 0.15) is 33.5 Å². The minimum absolute atomic E-state index is 0.0199. The van der Waals surface area contributed by atoms with Crippen LogP contribution in [0, 0.1) is 13.8 Å². The van der Waals surface area contributed by atoms with Gasteiger partial charge in [0, 0.05) is 17.8 Å². The van der Waals surface area contributed by atoms with Gasteiger partial charge in [-0.15, -0.1) is 10.2 Å². The van der Waals surface area contributed by atoms with Crippen LogP contribution in [-0.2, 0) is 16.4 Å². The predicted molar refractivity (Wildman–Crippen MR) is 131 cm³/mol. The largest absolute Gasteiger partial charge is 0.330 e. The van der Waals surface area contributed by atoms with E-state index in [1.54, 1.807) is 12.1 Å². The number of fused-ring (bicyclic) bond motifs is 1. The first-order chi connectivity index (χ1) is 15.2. The molecule has 0 unspecified atom stereocenters. The quantitative estimate of drug-likeness (QED) is 0.384. The van der Waals surface area contributed by atoms with Crippen molar-refractivity contribution in [2.24, 2.45) is 0 Å². The van der Waals surface area contributed by atoms with Gasteiger partial charge in [0.15, 0.2) is 10.1 Å². The molecular formula is C22H24N4O3S3. The molecule has 32 heavy (non-hydrogen) atoms. The Bertz CT molecular complexity index is 1270. The van der Waals surface area contributed by atoms with Crippen LogP contribution in [0.5, 0.6) is 0 Å². The molecule has 0 saturated carbocycles. The van der Waals surface area contributed by atoms with Gasteiger partial charge in [0.1, 0.15) is 0 Å². The molecule has 0 radical (unpaired) electrons. The molecule has 1 aliphatic heterocycles. The number of anilines is 3. The lowest BCUT2D eigenvalue weighted by Gasteiger charge is -2.29. The Balaban J connectivity index is 1.41. The van der Waals surface area contributed by atoms with E-state index in [4.69, 9.17) is 0 Å². The van der Waals surface area contributed by atoms with Crippen molar-refractivity contribution in [3.05, 3.63) is 58.7 Å². The summed E-state index contributed by atoms with van der Waals surface area (Å²) >= 11 is 2.76. The normalized spacial score (nSPS) is 13.7. The lowest BCUT2D eigenvalue weighted by Crippen LogP contribution is -2.34. The number of ketones is 1. The molecule has 168 valence electrons. The van der Waals surface area contributed by atoms with Crippen LogP contribution in [0.4, 0.5) is 16.5 Å². The molecule has 3 aromatic rings. The second kappa shape index (κ2) is 9.21. The minimum Gasteiger partial charge on any atom is -0.330 e. The zero-order valence-corrected chi connectivity index (χ0v) is 20.5. The fraction of sp³-hybridized carbons (Fsp3) is 0.318. The van der Waals surface area contributed by atoms with Crippen LogP contribution in [-0.4, -0.2) is 43.0 Å². The summed E-state index contributed by atoms with van der Waals surface area (Å²) < 4.78 is 26.2. The first kappa shape index (κ1) is 22.8. The number of carbonyl (C=O) groups is 1. The van der Waals surface area contributed by atoms with E-state index in [9.17, 15) is 13.2 Å². The maximum absolute atomic E-state index is 12.8. The number of thioether (sulfide) groups is 1. The second-order valence-corrected chi connectivity index (χ2v) is 11.8. The third kappa shape index (κ3) is 4.97. The van der Waals surface area contributed by atoms with Crippen molar-refractivity contribution in [2.45, 2.75) is 31.0 Å². The zero-order valence-electron chi connectivity index (χ0n) is 18.1. The van der Waals surface area contributed by atoms with E-state index in [0.717, 1.165) is 29.7 Å². The predicted octanol–water partition coefficient (Wildman–Crippen LogP) is 4.59. The van der Waals surface area contributed by atoms with Crippen LogP contribution in [0.15, 0.2) is 40.7 Å². The number of sulfonamides is 1. The van der Waals surface area contributed by atoms with Gasteiger partial charge in [-0.3, -0.25) is 9.10 Å². The highest BCUT2D eigenvalue weighted by atomic mass is 32.2. The SMILES string of the molecule is Cc1cccc(Nc2nnc(SCC(=O)c3ccc4c(c3)CCCN4S(C)(=O)=O)s2)c1C. The molecule has 1 N–H and O–H groups in total. The molecular weight excluding hydrogens is 464 g/mol. The van der Waals surface area contributed by atoms with Gasteiger partial charge >= 0.3 is 0 Å². The lowest BCUT2D eigenvalue weighted by atomic mass is 9.99. The maximum Gasteiger partial charge on any atom is 0.232 e. The molecule has 0 bridgehead atoms. The van der Waals surface area contributed by atoms with Crippen LogP contribution in [0.3, 0.4) is 0 Å². The molecule has 0 saturated heterocycles. The Morgan fingerprint density at radius 1 is 1.22 bits per heavy atom. The van der Waals surface area contributed by atoms with E-state index in [0.29, 0.717) is 27.3 Å². The summed E-state index contributed by atoms with van der Waals surface area (Å²) in [5, 5.41) is 12.3. The average Bonchev–Trinajstić information content (AvgIpc) is 3.21. The number of Topliss-reactive ketones (excluding diaryl/α,β-unsaturated/α-hetero) is 1. The monoisotopic (exact) mass is 488 g/mol. The number of aryl methyl sites for hydroxylation is 2. The number of carbonyl (C=O) groups excluding carboxylic acids is 1. The summed E-state index contributed by atoms with van der Waals surface area (Å²) in [4.78, 5) is 12.8. The standard InChI is InChI=1S/C22H24N4O3S3/c1-14-6-4-8-18(15(14)2)23-21-24-25-22(31-21)30-13-20(27)17-9-10-19-16(12-17)7-5-11-26(19)32(3,28)29/h4,6,8-10,12H,5,7,11,13H2,1-3H3,(H,23,24). The van der Waals surface area contributed by atoms with E-state index in [2.05, 4.69) is 35.4 Å². The van der Waals surface area contributed by atoms with E-state index in [1.807, 2.05) is 18.2 Å².